The largest absolute Gasteiger partial charge is 0.417 e. The summed E-state index contributed by atoms with van der Waals surface area (Å²) in [6.45, 7) is 0.878. The van der Waals surface area contributed by atoms with Gasteiger partial charge in [0, 0.05) is 36.8 Å². The molecule has 0 saturated carbocycles. The summed E-state index contributed by atoms with van der Waals surface area (Å²) in [7, 11) is -4.23. The first-order chi connectivity index (χ1) is 12.2. The summed E-state index contributed by atoms with van der Waals surface area (Å²) in [4.78, 5) is 5.45. The number of aromatic nitrogens is 1. The molecule has 2 aromatic rings. The van der Waals surface area contributed by atoms with E-state index < -0.39 is 26.7 Å². The van der Waals surface area contributed by atoms with Gasteiger partial charge in [0.25, 0.3) is 0 Å². The van der Waals surface area contributed by atoms with Crippen molar-refractivity contribution in [2.24, 2.45) is 0 Å². The molecule has 0 radical (unpaired) electrons. The van der Waals surface area contributed by atoms with Crippen molar-refractivity contribution in [2.75, 3.05) is 31.1 Å². The van der Waals surface area contributed by atoms with Gasteiger partial charge in [0.1, 0.15) is 5.82 Å². The smallest absolute Gasteiger partial charge is 0.354 e. The molecule has 0 amide bonds. The molecule has 1 saturated heterocycles. The van der Waals surface area contributed by atoms with Gasteiger partial charge in [-0.15, -0.1) is 0 Å². The predicted molar refractivity (Wildman–Crippen MR) is 94.4 cm³/mol. The summed E-state index contributed by atoms with van der Waals surface area (Å²) in [5, 5.41) is 0. The number of hydrogen-bond donors (Lipinski definition) is 0. The average molecular weight is 450 g/mol. The highest BCUT2D eigenvalue weighted by Crippen LogP contribution is 2.35. The minimum Gasteiger partial charge on any atom is -0.354 e. The fraction of sp³-hybridized carbons (Fsp3) is 0.312. The summed E-state index contributed by atoms with van der Waals surface area (Å²) in [5.41, 5.74) is -1.14. The van der Waals surface area contributed by atoms with E-state index in [1.165, 1.54) is 12.1 Å². The highest BCUT2D eigenvalue weighted by atomic mass is 79.9. The van der Waals surface area contributed by atoms with E-state index in [0.717, 1.165) is 20.9 Å². The van der Waals surface area contributed by atoms with Gasteiger partial charge in [-0.1, -0.05) is 12.1 Å². The van der Waals surface area contributed by atoms with Gasteiger partial charge in [-0.25, -0.2) is 13.4 Å². The third kappa shape index (κ3) is 3.86. The zero-order chi connectivity index (χ0) is 18.9. The van der Waals surface area contributed by atoms with E-state index in [-0.39, 0.29) is 13.1 Å². The van der Waals surface area contributed by atoms with Crippen molar-refractivity contribution in [1.82, 2.24) is 9.29 Å². The topological polar surface area (TPSA) is 53.5 Å². The SMILES string of the molecule is O=S(=O)(c1ccccc1C(F)(F)F)N1CCN(c2ccc(Br)cn2)CC1. The molecule has 1 aliphatic rings. The average Bonchev–Trinajstić information content (AvgIpc) is 2.62. The molecule has 3 rings (SSSR count). The van der Waals surface area contributed by atoms with E-state index in [9.17, 15) is 21.6 Å². The fourth-order valence-corrected chi connectivity index (χ4v) is 4.65. The van der Waals surface area contributed by atoms with E-state index in [1.54, 1.807) is 12.3 Å². The van der Waals surface area contributed by atoms with Crippen LogP contribution in [0.5, 0.6) is 0 Å². The van der Waals surface area contributed by atoms with E-state index in [2.05, 4.69) is 20.9 Å². The van der Waals surface area contributed by atoms with Gasteiger partial charge in [0.2, 0.25) is 10.0 Å². The molecule has 0 unspecified atom stereocenters. The molecule has 0 N–H and O–H groups in total. The van der Waals surface area contributed by atoms with Crippen molar-refractivity contribution in [2.45, 2.75) is 11.1 Å². The maximum absolute atomic E-state index is 13.2. The number of hydrogen-bond acceptors (Lipinski definition) is 4. The zero-order valence-electron chi connectivity index (χ0n) is 13.4. The highest BCUT2D eigenvalue weighted by molar-refractivity contribution is 9.10. The Morgan fingerprint density at radius 2 is 1.65 bits per heavy atom. The molecule has 1 fully saturated rings. The number of piperazine rings is 1. The Balaban J connectivity index is 1.80. The van der Waals surface area contributed by atoms with E-state index in [1.807, 2.05) is 11.0 Å². The Kier molecular flexibility index (Phi) is 5.27. The van der Waals surface area contributed by atoms with Crippen LogP contribution in [0.3, 0.4) is 0 Å². The van der Waals surface area contributed by atoms with Crippen molar-refractivity contribution in [3.05, 3.63) is 52.6 Å². The van der Waals surface area contributed by atoms with Gasteiger partial charge in [-0.2, -0.15) is 17.5 Å². The normalized spacial score (nSPS) is 16.7. The van der Waals surface area contributed by atoms with Crippen molar-refractivity contribution < 1.29 is 21.6 Å². The number of alkyl halides is 3. The van der Waals surface area contributed by atoms with Crippen LogP contribution >= 0.6 is 15.9 Å². The van der Waals surface area contributed by atoms with Crippen LogP contribution < -0.4 is 4.90 Å². The standard InChI is InChI=1S/C16H15BrF3N3O2S/c17-12-5-6-15(21-11-12)22-7-9-23(10-8-22)26(24,25)14-4-2-1-3-13(14)16(18,19)20/h1-6,11H,7-10H2. The Bertz CT molecular complexity index is 880. The van der Waals surface area contributed by atoms with Crippen LogP contribution in [0, 0.1) is 0 Å². The monoisotopic (exact) mass is 449 g/mol. The van der Waals surface area contributed by atoms with Crippen molar-refractivity contribution in [1.29, 1.82) is 0 Å². The summed E-state index contributed by atoms with van der Waals surface area (Å²) in [6.07, 6.45) is -3.09. The lowest BCUT2D eigenvalue weighted by molar-refractivity contribution is -0.139. The zero-order valence-corrected chi connectivity index (χ0v) is 15.9. The Morgan fingerprint density at radius 3 is 2.23 bits per heavy atom. The molecular formula is C16H15BrF3N3O2S. The second-order valence-corrected chi connectivity index (χ2v) is 8.54. The Hall–Kier alpha value is -1.65. The molecule has 0 spiro atoms. The molecule has 1 aromatic heterocycles. The number of benzene rings is 1. The van der Waals surface area contributed by atoms with Gasteiger partial charge >= 0.3 is 6.18 Å². The van der Waals surface area contributed by atoms with Crippen LogP contribution in [-0.2, 0) is 16.2 Å². The second-order valence-electron chi connectivity index (χ2n) is 5.72. The number of rotatable bonds is 3. The van der Waals surface area contributed by atoms with Crippen molar-refractivity contribution in [3.63, 3.8) is 0 Å². The maximum Gasteiger partial charge on any atom is 0.417 e. The summed E-state index contributed by atoms with van der Waals surface area (Å²) in [5.74, 6) is 0.695. The van der Waals surface area contributed by atoms with E-state index in [4.69, 9.17) is 0 Å². The van der Waals surface area contributed by atoms with Crippen LogP contribution in [0.15, 0.2) is 52.0 Å². The van der Waals surface area contributed by atoms with Crippen molar-refractivity contribution in [3.8, 4) is 0 Å². The molecule has 10 heteroatoms. The lowest BCUT2D eigenvalue weighted by Gasteiger charge is -2.35. The first-order valence-electron chi connectivity index (χ1n) is 7.72. The van der Waals surface area contributed by atoms with Crippen LogP contribution in [0.2, 0.25) is 0 Å². The van der Waals surface area contributed by atoms with Gasteiger partial charge in [0.05, 0.1) is 10.5 Å². The molecule has 1 aromatic carbocycles. The summed E-state index contributed by atoms with van der Waals surface area (Å²) < 4.78 is 66.8. The molecule has 26 heavy (non-hydrogen) atoms. The number of sulfonamides is 1. The van der Waals surface area contributed by atoms with E-state index in [0.29, 0.717) is 18.9 Å². The summed E-state index contributed by atoms with van der Waals surface area (Å²) in [6, 6.07) is 7.89. The Morgan fingerprint density at radius 1 is 1.00 bits per heavy atom. The Labute approximate surface area is 157 Å². The van der Waals surface area contributed by atoms with Gasteiger partial charge in [0.15, 0.2) is 0 Å². The van der Waals surface area contributed by atoms with Gasteiger partial charge in [-0.3, -0.25) is 0 Å². The van der Waals surface area contributed by atoms with E-state index >= 15 is 0 Å². The van der Waals surface area contributed by atoms with Crippen LogP contribution in [0.1, 0.15) is 5.56 Å². The third-order valence-electron chi connectivity index (χ3n) is 4.08. The molecule has 5 nitrogen and oxygen atoms in total. The molecular weight excluding hydrogens is 435 g/mol. The lowest BCUT2D eigenvalue weighted by Crippen LogP contribution is -2.49. The number of halogens is 4. The highest BCUT2D eigenvalue weighted by Gasteiger charge is 2.39. The lowest BCUT2D eigenvalue weighted by atomic mass is 10.2. The molecule has 0 bridgehead atoms. The number of nitrogens with zero attached hydrogens (tertiary/aromatic N) is 3. The first-order valence-corrected chi connectivity index (χ1v) is 9.96. The minimum absolute atomic E-state index is 0.0896. The van der Waals surface area contributed by atoms with Crippen LogP contribution in [0.4, 0.5) is 19.0 Å². The minimum atomic E-state index is -4.73. The van der Waals surface area contributed by atoms with Crippen molar-refractivity contribution >= 4 is 31.8 Å². The quantitative estimate of drug-likeness (QED) is 0.720. The predicted octanol–water partition coefficient (Wildman–Crippen LogP) is 3.37. The molecule has 1 aliphatic heterocycles. The third-order valence-corrected chi connectivity index (χ3v) is 6.51. The molecule has 2 heterocycles. The second kappa shape index (κ2) is 7.16. The molecule has 0 atom stereocenters. The fourth-order valence-electron chi connectivity index (χ4n) is 2.78. The van der Waals surface area contributed by atoms with Gasteiger partial charge in [-0.05, 0) is 40.2 Å². The molecule has 140 valence electrons. The van der Waals surface area contributed by atoms with Crippen LogP contribution in [0.25, 0.3) is 0 Å². The molecule has 0 aliphatic carbocycles. The maximum atomic E-state index is 13.2. The summed E-state index contributed by atoms with van der Waals surface area (Å²) >= 11 is 3.29. The van der Waals surface area contributed by atoms with Crippen LogP contribution in [-0.4, -0.2) is 43.9 Å². The first kappa shape index (κ1) is 19.1. The number of anilines is 1. The van der Waals surface area contributed by atoms with Gasteiger partial charge < -0.3 is 4.90 Å². The number of pyridine rings is 1.